The lowest BCUT2D eigenvalue weighted by molar-refractivity contribution is 0.0539. The van der Waals surface area contributed by atoms with Gasteiger partial charge in [-0.3, -0.25) is 4.98 Å². The van der Waals surface area contributed by atoms with Crippen molar-refractivity contribution in [1.82, 2.24) is 14.6 Å². The lowest BCUT2D eigenvalue weighted by atomic mass is 9.88. The number of benzene rings is 1. The normalized spacial score (nSPS) is 22.2. The van der Waals surface area contributed by atoms with E-state index in [-0.39, 0.29) is 12.0 Å². The molecule has 0 amide bonds. The number of ether oxygens (including phenoxy) is 2. The number of hydrogen-bond acceptors (Lipinski definition) is 8. The van der Waals surface area contributed by atoms with E-state index >= 15 is 0 Å². The summed E-state index contributed by atoms with van der Waals surface area (Å²) < 4.78 is 13.8. The van der Waals surface area contributed by atoms with E-state index in [1.165, 1.54) is 5.01 Å². The largest absolute Gasteiger partial charge is 0.495 e. The molecule has 0 saturated carbocycles. The van der Waals surface area contributed by atoms with Crippen molar-refractivity contribution in [2.24, 2.45) is 23.2 Å². The lowest BCUT2D eigenvalue weighted by Crippen LogP contribution is -2.31. The Morgan fingerprint density at radius 3 is 2.49 bits per heavy atom. The molecule has 9 nitrogen and oxygen atoms in total. The summed E-state index contributed by atoms with van der Waals surface area (Å²) in [6.45, 7) is 4.89. The highest BCUT2D eigenvalue weighted by molar-refractivity contribution is 6.06. The highest BCUT2D eigenvalue weighted by Gasteiger charge is 2.33. The van der Waals surface area contributed by atoms with Crippen molar-refractivity contribution >= 4 is 27.6 Å². The zero-order chi connectivity index (χ0) is 27.9. The fourth-order valence-electron chi connectivity index (χ4n) is 5.73. The van der Waals surface area contributed by atoms with Gasteiger partial charge >= 0.3 is 0 Å². The summed E-state index contributed by atoms with van der Waals surface area (Å²) in [6, 6.07) is 7.83. The minimum Gasteiger partial charge on any atom is -0.495 e. The zero-order valence-electron chi connectivity index (χ0n) is 23.0. The smallest absolute Gasteiger partial charge is 0.139 e. The second-order valence-electron chi connectivity index (χ2n) is 10.8. The number of methoxy groups -OCH3 is 1. The minimum atomic E-state index is -1.03. The quantitative estimate of drug-likeness (QED) is 0.296. The molecule has 4 heterocycles. The summed E-state index contributed by atoms with van der Waals surface area (Å²) in [5, 5.41) is 13.4. The molecule has 5 rings (SSSR count). The number of allylic oxidation sites excluding steroid dienone is 5. The Kier molecular flexibility index (Phi) is 7.15. The maximum absolute atomic E-state index is 10.9. The Morgan fingerprint density at radius 1 is 1.10 bits per heavy atom. The zero-order valence-corrected chi connectivity index (χ0v) is 23.0. The van der Waals surface area contributed by atoms with Crippen molar-refractivity contribution in [3.8, 4) is 0 Å². The van der Waals surface area contributed by atoms with Crippen LogP contribution in [0, 0.1) is 5.92 Å². The number of rotatable bonds is 4. The van der Waals surface area contributed by atoms with Gasteiger partial charge in [-0.15, -0.1) is 0 Å². The van der Waals surface area contributed by atoms with Crippen LogP contribution in [-0.4, -0.2) is 47.0 Å². The first-order valence-electron chi connectivity index (χ1n) is 13.2. The fourth-order valence-corrected chi connectivity index (χ4v) is 5.73. The Bertz CT molecular complexity index is 1520. The average Bonchev–Trinajstić information content (AvgIpc) is 3.21. The number of aromatic nitrogens is 2. The van der Waals surface area contributed by atoms with Gasteiger partial charge in [0.2, 0.25) is 0 Å². The maximum Gasteiger partial charge on any atom is 0.139 e. The Balaban J connectivity index is 1.95. The van der Waals surface area contributed by atoms with E-state index in [0.717, 1.165) is 45.9 Å². The highest BCUT2D eigenvalue weighted by atomic mass is 16.5. The van der Waals surface area contributed by atoms with Gasteiger partial charge in [0, 0.05) is 37.4 Å². The van der Waals surface area contributed by atoms with Crippen molar-refractivity contribution in [3.05, 3.63) is 83.0 Å². The third kappa shape index (κ3) is 4.89. The van der Waals surface area contributed by atoms with E-state index in [2.05, 4.69) is 10.6 Å². The van der Waals surface area contributed by atoms with Crippen molar-refractivity contribution in [2.75, 3.05) is 27.4 Å². The van der Waals surface area contributed by atoms with Gasteiger partial charge in [0.15, 0.2) is 0 Å². The second kappa shape index (κ2) is 10.4. The van der Waals surface area contributed by atoms with Crippen LogP contribution in [-0.2, 0) is 15.1 Å². The molecule has 1 unspecified atom stereocenters. The third-order valence-corrected chi connectivity index (χ3v) is 7.69. The summed E-state index contributed by atoms with van der Waals surface area (Å²) in [5.41, 5.74) is 18.5. The van der Waals surface area contributed by atoms with Crippen LogP contribution >= 0.6 is 0 Å². The predicted molar refractivity (Wildman–Crippen MR) is 155 cm³/mol. The standard InChI is InChI=1S/C30H38N6O3/c1-30(2,37)20-9-10-21-23(16-20)36-24-15-19(17-34-27(21)24)28(35(3)33)22(31)7-5-6-8-25(38-4)26(32)29(36)18-11-13-39-14-12-18/h5-10,15-18,29,37H,11-14,31-33H2,1-4H3/b7-5-,8-6?,26-25?,28-22-. The molecule has 1 saturated heterocycles. The number of nitrogens with two attached hydrogens (primary N) is 3. The van der Waals surface area contributed by atoms with Crippen molar-refractivity contribution < 1.29 is 14.6 Å². The predicted octanol–water partition coefficient (Wildman–Crippen LogP) is 3.76. The van der Waals surface area contributed by atoms with Crippen molar-refractivity contribution in [1.29, 1.82) is 0 Å². The number of hydrogen-bond donors (Lipinski definition) is 4. The topological polar surface area (TPSA) is 138 Å². The van der Waals surface area contributed by atoms with Crippen LogP contribution in [0.5, 0.6) is 0 Å². The van der Waals surface area contributed by atoms with Crippen LogP contribution < -0.4 is 17.3 Å². The first-order valence-corrected chi connectivity index (χ1v) is 13.2. The molecular weight excluding hydrogens is 492 g/mol. The van der Waals surface area contributed by atoms with E-state index in [4.69, 9.17) is 31.8 Å². The van der Waals surface area contributed by atoms with Gasteiger partial charge in [-0.05, 0) is 62.5 Å². The van der Waals surface area contributed by atoms with E-state index in [9.17, 15) is 5.11 Å². The summed E-state index contributed by atoms with van der Waals surface area (Å²) in [6.07, 6.45) is 10.8. The Labute approximate surface area is 228 Å². The fraction of sp³-hybridized carbons (Fsp3) is 0.367. The van der Waals surface area contributed by atoms with Gasteiger partial charge in [-0.2, -0.15) is 0 Å². The van der Waals surface area contributed by atoms with Gasteiger partial charge in [0.25, 0.3) is 0 Å². The Morgan fingerprint density at radius 2 is 1.82 bits per heavy atom. The summed E-state index contributed by atoms with van der Waals surface area (Å²) in [5.74, 6) is 7.03. The molecule has 3 aromatic rings. The molecule has 2 aromatic heterocycles. The highest BCUT2D eigenvalue weighted by Crippen LogP contribution is 2.41. The van der Waals surface area contributed by atoms with Crippen molar-refractivity contribution in [2.45, 2.75) is 38.3 Å². The average molecular weight is 531 g/mol. The molecule has 2 bridgehead atoms. The molecule has 7 N–H and O–H groups in total. The molecule has 0 spiro atoms. The van der Waals surface area contributed by atoms with E-state index in [0.29, 0.717) is 36.1 Å². The molecule has 2 aliphatic heterocycles. The summed E-state index contributed by atoms with van der Waals surface area (Å²) in [7, 11) is 3.38. The molecule has 1 atom stereocenters. The van der Waals surface area contributed by atoms with E-state index < -0.39 is 5.60 Å². The molecule has 0 radical (unpaired) electrons. The van der Waals surface area contributed by atoms with E-state index in [1.54, 1.807) is 40.3 Å². The van der Waals surface area contributed by atoms with E-state index in [1.807, 2.05) is 36.4 Å². The van der Waals surface area contributed by atoms with Crippen LogP contribution in [0.4, 0.5) is 0 Å². The molecule has 2 aliphatic rings. The van der Waals surface area contributed by atoms with Gasteiger partial charge in [0.1, 0.15) is 5.76 Å². The van der Waals surface area contributed by atoms with Crippen LogP contribution in [0.3, 0.4) is 0 Å². The summed E-state index contributed by atoms with van der Waals surface area (Å²) >= 11 is 0. The van der Waals surface area contributed by atoms with Crippen molar-refractivity contribution in [3.63, 3.8) is 0 Å². The van der Waals surface area contributed by atoms with Gasteiger partial charge < -0.3 is 35.6 Å². The first kappa shape index (κ1) is 26.8. The number of hydrazine groups is 1. The van der Waals surface area contributed by atoms with Crippen LogP contribution in [0.1, 0.15) is 43.9 Å². The number of fused-ring (bicyclic) bond motifs is 4. The molecule has 1 aromatic carbocycles. The van der Waals surface area contributed by atoms with Crippen LogP contribution in [0.25, 0.3) is 27.6 Å². The molecule has 206 valence electrons. The van der Waals surface area contributed by atoms with Crippen LogP contribution in [0.15, 0.2) is 71.9 Å². The second-order valence-corrected chi connectivity index (χ2v) is 10.8. The monoisotopic (exact) mass is 530 g/mol. The lowest BCUT2D eigenvalue weighted by Gasteiger charge is -2.33. The van der Waals surface area contributed by atoms with Gasteiger partial charge in [-0.25, -0.2) is 5.84 Å². The Hall–Kier alpha value is -3.79. The minimum absolute atomic E-state index is 0.184. The molecule has 1 fully saturated rings. The van der Waals surface area contributed by atoms with Gasteiger partial charge in [-0.1, -0.05) is 24.3 Å². The number of aliphatic hydroxyl groups is 1. The molecule has 39 heavy (non-hydrogen) atoms. The first-order chi connectivity index (χ1) is 18.6. The summed E-state index contributed by atoms with van der Waals surface area (Å²) in [4.78, 5) is 4.93. The molecule has 0 aliphatic carbocycles. The van der Waals surface area contributed by atoms with Crippen LogP contribution in [0.2, 0.25) is 0 Å². The maximum atomic E-state index is 10.9. The SMILES string of the molecule is COC1=C(N)C(C2CCOCC2)n2c3cc(C(C)(C)O)ccc3c3ncc(cc32)/C(N(C)N)=C(N)\C=C/C=C1. The third-order valence-electron chi connectivity index (χ3n) is 7.69. The number of nitrogens with zero attached hydrogens (tertiary/aromatic N) is 3. The molecular formula is C30H38N6O3. The molecule has 9 heteroatoms. The van der Waals surface area contributed by atoms with Gasteiger partial charge in [0.05, 0.1) is 52.4 Å². The number of pyridine rings is 1.